The van der Waals surface area contributed by atoms with Gasteiger partial charge in [-0.05, 0) is 73.5 Å². The summed E-state index contributed by atoms with van der Waals surface area (Å²) in [6.07, 6.45) is 7.66. The van der Waals surface area contributed by atoms with Gasteiger partial charge in [0.2, 0.25) is 5.95 Å². The van der Waals surface area contributed by atoms with Crippen molar-refractivity contribution in [3.8, 4) is 0 Å². The second-order valence-electron chi connectivity index (χ2n) is 8.30. The van der Waals surface area contributed by atoms with Gasteiger partial charge in [0, 0.05) is 47.0 Å². The lowest BCUT2D eigenvalue weighted by atomic mass is 10.1. The van der Waals surface area contributed by atoms with Crippen LogP contribution in [0.1, 0.15) is 24.8 Å². The molecular weight excluding hydrogens is 430 g/mol. The van der Waals surface area contributed by atoms with Gasteiger partial charge < -0.3 is 10.2 Å². The standard InChI is InChI=1S/C26H27N5OS/c1-33-23-12-5-19(6-13-23)18-31-24(32)14-7-20-17-27-26(29-25(20)31)28-21-8-10-22(11-9-21)30-15-3-2-4-16-30/h5-14,17H,2-4,15-16,18H2,1H3,(H,27,28,29). The third kappa shape index (κ3) is 4.88. The van der Waals surface area contributed by atoms with Crippen molar-refractivity contribution >= 4 is 40.1 Å². The molecule has 0 aliphatic carbocycles. The van der Waals surface area contributed by atoms with E-state index in [9.17, 15) is 4.79 Å². The molecule has 0 atom stereocenters. The van der Waals surface area contributed by atoms with Crippen LogP contribution in [0.5, 0.6) is 0 Å². The van der Waals surface area contributed by atoms with Crippen molar-refractivity contribution in [2.24, 2.45) is 0 Å². The summed E-state index contributed by atoms with van der Waals surface area (Å²) in [7, 11) is 0. The van der Waals surface area contributed by atoms with Crippen LogP contribution >= 0.6 is 11.8 Å². The monoisotopic (exact) mass is 457 g/mol. The summed E-state index contributed by atoms with van der Waals surface area (Å²) >= 11 is 1.70. The number of piperidine rings is 1. The Balaban J connectivity index is 1.40. The smallest absolute Gasteiger partial charge is 0.252 e. The molecule has 1 aliphatic rings. The van der Waals surface area contributed by atoms with Crippen LogP contribution in [0.15, 0.2) is 76.6 Å². The van der Waals surface area contributed by atoms with Gasteiger partial charge in [-0.3, -0.25) is 9.36 Å². The van der Waals surface area contributed by atoms with E-state index in [0.717, 1.165) is 29.7 Å². The third-order valence-electron chi connectivity index (χ3n) is 6.07. The molecule has 0 spiro atoms. The van der Waals surface area contributed by atoms with E-state index in [1.54, 1.807) is 34.7 Å². The fourth-order valence-electron chi connectivity index (χ4n) is 4.23. The van der Waals surface area contributed by atoms with E-state index in [4.69, 9.17) is 4.98 Å². The average Bonchev–Trinajstić information content (AvgIpc) is 2.87. The molecular formula is C26H27N5OS. The zero-order chi connectivity index (χ0) is 22.6. The van der Waals surface area contributed by atoms with Crippen LogP contribution in [0.2, 0.25) is 0 Å². The van der Waals surface area contributed by atoms with Crippen molar-refractivity contribution in [1.82, 2.24) is 14.5 Å². The van der Waals surface area contributed by atoms with E-state index in [1.807, 2.05) is 0 Å². The number of benzene rings is 2. The van der Waals surface area contributed by atoms with Crippen LogP contribution < -0.4 is 15.8 Å². The summed E-state index contributed by atoms with van der Waals surface area (Å²) in [5.41, 5.74) is 3.78. The van der Waals surface area contributed by atoms with E-state index in [0.29, 0.717) is 18.1 Å². The highest BCUT2D eigenvalue weighted by molar-refractivity contribution is 7.98. The lowest BCUT2D eigenvalue weighted by Crippen LogP contribution is -2.29. The Morgan fingerprint density at radius 1 is 0.939 bits per heavy atom. The Bertz CT molecular complexity index is 1300. The van der Waals surface area contributed by atoms with Crippen molar-refractivity contribution in [1.29, 1.82) is 0 Å². The number of nitrogens with one attached hydrogen (secondary N) is 1. The van der Waals surface area contributed by atoms with E-state index in [1.165, 1.54) is 29.8 Å². The Kier molecular flexibility index (Phi) is 6.30. The lowest BCUT2D eigenvalue weighted by molar-refractivity contribution is 0.578. The topological polar surface area (TPSA) is 63.1 Å². The van der Waals surface area contributed by atoms with Gasteiger partial charge in [0.1, 0.15) is 5.65 Å². The van der Waals surface area contributed by atoms with Gasteiger partial charge in [-0.15, -0.1) is 11.8 Å². The molecule has 0 saturated carbocycles. The number of anilines is 3. The normalized spacial score (nSPS) is 13.9. The number of nitrogens with zero attached hydrogens (tertiary/aromatic N) is 4. The quantitative estimate of drug-likeness (QED) is 0.397. The Morgan fingerprint density at radius 3 is 2.42 bits per heavy atom. The maximum Gasteiger partial charge on any atom is 0.252 e. The first-order chi connectivity index (χ1) is 16.2. The van der Waals surface area contributed by atoms with Crippen molar-refractivity contribution in [3.05, 3.63) is 82.8 Å². The second kappa shape index (κ2) is 9.67. The molecule has 1 aliphatic heterocycles. The molecule has 2 aromatic heterocycles. The van der Waals surface area contributed by atoms with Gasteiger partial charge in [0.05, 0.1) is 6.54 Å². The van der Waals surface area contributed by atoms with E-state index >= 15 is 0 Å². The SMILES string of the molecule is CSc1ccc(Cn2c(=O)ccc3cnc(Nc4ccc(N5CCCCC5)cc4)nc32)cc1. The number of hydrogen-bond donors (Lipinski definition) is 1. The van der Waals surface area contributed by atoms with Gasteiger partial charge in [0.25, 0.3) is 5.56 Å². The number of pyridine rings is 1. The molecule has 0 amide bonds. The molecule has 1 fully saturated rings. The van der Waals surface area contributed by atoms with Crippen LogP contribution in [0.4, 0.5) is 17.3 Å². The van der Waals surface area contributed by atoms with Crippen molar-refractivity contribution in [2.45, 2.75) is 30.7 Å². The van der Waals surface area contributed by atoms with Crippen molar-refractivity contribution in [3.63, 3.8) is 0 Å². The minimum atomic E-state index is -0.0769. The van der Waals surface area contributed by atoms with Crippen LogP contribution in [0.25, 0.3) is 11.0 Å². The molecule has 0 bridgehead atoms. The van der Waals surface area contributed by atoms with Crippen LogP contribution in [0, 0.1) is 0 Å². The first-order valence-corrected chi connectivity index (χ1v) is 12.5. The molecule has 2 aromatic carbocycles. The summed E-state index contributed by atoms with van der Waals surface area (Å²) in [4.78, 5) is 25.5. The average molecular weight is 458 g/mol. The molecule has 168 valence electrons. The molecule has 4 aromatic rings. The summed E-state index contributed by atoms with van der Waals surface area (Å²) in [5, 5.41) is 4.13. The molecule has 33 heavy (non-hydrogen) atoms. The molecule has 7 heteroatoms. The fourth-order valence-corrected chi connectivity index (χ4v) is 4.64. The highest BCUT2D eigenvalue weighted by Crippen LogP contribution is 2.23. The Hall–Kier alpha value is -3.32. The van der Waals surface area contributed by atoms with E-state index in [2.05, 4.69) is 70.0 Å². The maximum absolute atomic E-state index is 12.7. The number of thioether (sulfide) groups is 1. The molecule has 5 rings (SSSR count). The first kappa shape index (κ1) is 21.5. The zero-order valence-electron chi connectivity index (χ0n) is 18.7. The number of rotatable bonds is 6. The predicted molar refractivity (Wildman–Crippen MR) is 137 cm³/mol. The van der Waals surface area contributed by atoms with Crippen molar-refractivity contribution < 1.29 is 0 Å². The van der Waals surface area contributed by atoms with Crippen LogP contribution in [-0.4, -0.2) is 33.9 Å². The number of fused-ring (bicyclic) bond motifs is 1. The highest BCUT2D eigenvalue weighted by Gasteiger charge is 2.11. The molecule has 0 radical (unpaired) electrons. The van der Waals surface area contributed by atoms with E-state index in [-0.39, 0.29) is 5.56 Å². The predicted octanol–water partition coefficient (Wildman–Crippen LogP) is 5.30. The second-order valence-corrected chi connectivity index (χ2v) is 9.18. The summed E-state index contributed by atoms with van der Waals surface area (Å²) in [6.45, 7) is 2.71. The molecule has 0 unspecified atom stereocenters. The third-order valence-corrected chi connectivity index (χ3v) is 6.81. The van der Waals surface area contributed by atoms with Gasteiger partial charge >= 0.3 is 0 Å². The molecule has 1 saturated heterocycles. The van der Waals surface area contributed by atoms with Crippen molar-refractivity contribution in [2.75, 3.05) is 29.6 Å². The highest BCUT2D eigenvalue weighted by atomic mass is 32.2. The van der Waals surface area contributed by atoms with E-state index < -0.39 is 0 Å². The minimum Gasteiger partial charge on any atom is -0.372 e. The Morgan fingerprint density at radius 2 is 1.70 bits per heavy atom. The molecule has 3 heterocycles. The summed E-state index contributed by atoms with van der Waals surface area (Å²) in [6, 6.07) is 20.0. The Labute approximate surface area is 197 Å². The molecule has 1 N–H and O–H groups in total. The van der Waals surface area contributed by atoms with Gasteiger partial charge in [-0.1, -0.05) is 12.1 Å². The molecule has 6 nitrogen and oxygen atoms in total. The number of aromatic nitrogens is 3. The van der Waals surface area contributed by atoms with Crippen LogP contribution in [0.3, 0.4) is 0 Å². The lowest BCUT2D eigenvalue weighted by Gasteiger charge is -2.28. The van der Waals surface area contributed by atoms with Crippen LogP contribution in [-0.2, 0) is 6.54 Å². The number of hydrogen-bond acceptors (Lipinski definition) is 6. The zero-order valence-corrected chi connectivity index (χ0v) is 19.5. The maximum atomic E-state index is 12.7. The fraction of sp³-hybridized carbons (Fsp3) is 0.269. The van der Waals surface area contributed by atoms with Gasteiger partial charge in [-0.25, -0.2) is 4.98 Å². The minimum absolute atomic E-state index is 0.0769. The van der Waals surface area contributed by atoms with Gasteiger partial charge in [-0.2, -0.15) is 4.98 Å². The summed E-state index contributed by atoms with van der Waals surface area (Å²) < 4.78 is 1.70. The van der Waals surface area contributed by atoms with Gasteiger partial charge in [0.15, 0.2) is 0 Å². The summed E-state index contributed by atoms with van der Waals surface area (Å²) in [5.74, 6) is 0.477. The largest absolute Gasteiger partial charge is 0.372 e. The first-order valence-electron chi connectivity index (χ1n) is 11.3.